The van der Waals surface area contributed by atoms with Gasteiger partial charge in [0.15, 0.2) is 5.11 Å². The predicted octanol–water partition coefficient (Wildman–Crippen LogP) is 5.79. The zero-order valence-corrected chi connectivity index (χ0v) is 19.1. The first-order valence-electron chi connectivity index (χ1n) is 11.4. The van der Waals surface area contributed by atoms with Crippen LogP contribution in [0.15, 0.2) is 60.8 Å². The number of nitrogens with zero attached hydrogens (tertiary/aromatic N) is 3. The van der Waals surface area contributed by atoms with Gasteiger partial charge in [-0.3, -0.25) is 4.98 Å². The number of aryl methyl sites for hydroxylation is 1. The Kier molecular flexibility index (Phi) is 5.53. The van der Waals surface area contributed by atoms with Crippen molar-refractivity contribution in [1.82, 2.24) is 19.8 Å². The lowest BCUT2D eigenvalue weighted by atomic mass is 9.90. The van der Waals surface area contributed by atoms with Crippen molar-refractivity contribution < 1.29 is 0 Å². The molecule has 1 saturated heterocycles. The lowest BCUT2D eigenvalue weighted by Gasteiger charge is -2.37. The van der Waals surface area contributed by atoms with E-state index in [0.29, 0.717) is 6.04 Å². The summed E-state index contributed by atoms with van der Waals surface area (Å²) in [6.07, 6.45) is 8.21. The molecule has 1 aromatic carbocycles. The molecule has 2 fully saturated rings. The van der Waals surface area contributed by atoms with Crippen molar-refractivity contribution >= 4 is 17.3 Å². The number of hydrogen-bond acceptors (Lipinski definition) is 2. The fraction of sp³-hybridized carbons (Fsp3) is 0.385. The third kappa shape index (κ3) is 3.65. The Hall–Kier alpha value is -2.66. The van der Waals surface area contributed by atoms with E-state index >= 15 is 0 Å². The van der Waals surface area contributed by atoms with Crippen LogP contribution < -0.4 is 5.32 Å². The number of nitrogens with one attached hydrogen (secondary N) is 1. The molecule has 1 aliphatic carbocycles. The van der Waals surface area contributed by atoms with E-state index in [0.717, 1.165) is 10.8 Å². The Balaban J connectivity index is 1.62. The number of thiocarbonyl (C=S) groups is 1. The Morgan fingerprint density at radius 2 is 1.71 bits per heavy atom. The van der Waals surface area contributed by atoms with Crippen LogP contribution in [0.1, 0.15) is 66.8 Å². The van der Waals surface area contributed by atoms with E-state index in [1.807, 2.05) is 12.3 Å². The molecular formula is C26H30N4S. The first-order chi connectivity index (χ1) is 15.1. The average Bonchev–Trinajstić information content (AvgIpc) is 3.30. The number of rotatable bonds is 4. The van der Waals surface area contributed by atoms with Gasteiger partial charge in [0.1, 0.15) is 0 Å². The molecule has 0 unspecified atom stereocenters. The van der Waals surface area contributed by atoms with Crippen LogP contribution in [0.5, 0.6) is 0 Å². The Bertz CT molecular complexity index is 1050. The molecule has 2 aromatic heterocycles. The summed E-state index contributed by atoms with van der Waals surface area (Å²) >= 11 is 5.93. The van der Waals surface area contributed by atoms with E-state index < -0.39 is 0 Å². The van der Waals surface area contributed by atoms with Crippen LogP contribution in [0.4, 0.5) is 0 Å². The van der Waals surface area contributed by atoms with Crippen molar-refractivity contribution in [2.45, 2.75) is 64.1 Å². The van der Waals surface area contributed by atoms with Crippen molar-refractivity contribution in [1.29, 1.82) is 0 Å². The minimum absolute atomic E-state index is 0.0559. The molecule has 3 aromatic rings. The van der Waals surface area contributed by atoms with Crippen molar-refractivity contribution in [3.05, 3.63) is 83.4 Å². The third-order valence-corrected chi connectivity index (χ3v) is 7.24. The average molecular weight is 431 g/mol. The second kappa shape index (κ2) is 8.46. The summed E-state index contributed by atoms with van der Waals surface area (Å²) in [6, 6.07) is 19.8. The Morgan fingerprint density at radius 1 is 0.968 bits per heavy atom. The molecule has 5 rings (SSSR count). The zero-order valence-electron chi connectivity index (χ0n) is 18.3. The van der Waals surface area contributed by atoms with Gasteiger partial charge >= 0.3 is 0 Å². The molecule has 2 aliphatic rings. The highest BCUT2D eigenvalue weighted by Gasteiger charge is 2.44. The van der Waals surface area contributed by atoms with E-state index in [1.54, 1.807) is 0 Å². The lowest BCUT2D eigenvalue weighted by Crippen LogP contribution is -2.40. The maximum Gasteiger partial charge on any atom is 0.170 e. The normalized spacial score (nSPS) is 22.0. The lowest BCUT2D eigenvalue weighted by molar-refractivity contribution is 0.197. The van der Waals surface area contributed by atoms with E-state index in [1.165, 1.54) is 54.7 Å². The fourth-order valence-electron chi connectivity index (χ4n) is 5.51. The highest BCUT2D eigenvalue weighted by molar-refractivity contribution is 7.80. The van der Waals surface area contributed by atoms with E-state index in [9.17, 15) is 0 Å². The number of aromatic nitrogens is 2. The van der Waals surface area contributed by atoms with Crippen LogP contribution in [-0.4, -0.2) is 25.6 Å². The van der Waals surface area contributed by atoms with Gasteiger partial charge in [0.05, 0.1) is 17.8 Å². The van der Waals surface area contributed by atoms with Crippen molar-refractivity contribution in [3.8, 4) is 5.69 Å². The number of benzene rings is 1. The molecular weight excluding hydrogens is 400 g/mol. The second-order valence-corrected chi connectivity index (χ2v) is 9.21. The molecule has 3 heterocycles. The first-order valence-corrected chi connectivity index (χ1v) is 11.8. The van der Waals surface area contributed by atoms with Crippen LogP contribution in [-0.2, 0) is 0 Å². The van der Waals surface area contributed by atoms with Crippen molar-refractivity contribution in [2.75, 3.05) is 0 Å². The van der Waals surface area contributed by atoms with Gasteiger partial charge in [-0.1, -0.05) is 43.5 Å². The van der Waals surface area contributed by atoms with Gasteiger partial charge in [0, 0.05) is 29.3 Å². The predicted molar refractivity (Wildman–Crippen MR) is 129 cm³/mol. The standard InChI is InChI=1S/C26H30N4S/c1-18-17-22(19(2)29(18)20-11-5-3-6-12-20)25-24(23-15-9-10-16-27-23)28-26(31)30(25)21-13-7-4-8-14-21/h3,5-6,9-12,15-17,21,24-25H,4,7-8,13-14H2,1-2H3,(H,28,31)/t24-,25+/m1/s1. The molecule has 0 spiro atoms. The van der Waals surface area contributed by atoms with Crippen LogP contribution in [0.25, 0.3) is 5.69 Å². The van der Waals surface area contributed by atoms with Crippen molar-refractivity contribution in [3.63, 3.8) is 0 Å². The van der Waals surface area contributed by atoms with Gasteiger partial charge in [0.2, 0.25) is 0 Å². The summed E-state index contributed by atoms with van der Waals surface area (Å²) in [5.41, 5.74) is 6.13. The summed E-state index contributed by atoms with van der Waals surface area (Å²) < 4.78 is 2.37. The van der Waals surface area contributed by atoms with Gasteiger partial charge in [-0.25, -0.2) is 0 Å². The smallest absolute Gasteiger partial charge is 0.170 e. The monoisotopic (exact) mass is 430 g/mol. The van der Waals surface area contributed by atoms with Gasteiger partial charge < -0.3 is 14.8 Å². The molecule has 2 atom stereocenters. The largest absolute Gasteiger partial charge is 0.352 e. The summed E-state index contributed by atoms with van der Waals surface area (Å²) in [6.45, 7) is 4.44. The van der Waals surface area contributed by atoms with E-state index in [2.05, 4.69) is 77.2 Å². The van der Waals surface area contributed by atoms with Crippen LogP contribution in [0.2, 0.25) is 0 Å². The molecule has 0 radical (unpaired) electrons. The number of hydrogen-bond donors (Lipinski definition) is 1. The molecule has 31 heavy (non-hydrogen) atoms. The maximum absolute atomic E-state index is 5.93. The minimum atomic E-state index is 0.0559. The van der Waals surface area contributed by atoms with Gasteiger partial charge in [-0.15, -0.1) is 0 Å². The SMILES string of the molecule is Cc1cc([C@H]2[C@@H](c3ccccn3)NC(=S)N2C2CCCCC2)c(C)n1-c1ccccc1. The molecule has 1 N–H and O–H groups in total. The minimum Gasteiger partial charge on any atom is -0.352 e. The van der Waals surface area contributed by atoms with Crippen molar-refractivity contribution in [2.24, 2.45) is 0 Å². The van der Waals surface area contributed by atoms with Crippen LogP contribution >= 0.6 is 12.2 Å². The van der Waals surface area contributed by atoms with Crippen LogP contribution in [0.3, 0.4) is 0 Å². The molecule has 1 saturated carbocycles. The molecule has 0 bridgehead atoms. The van der Waals surface area contributed by atoms with Gasteiger partial charge in [-0.05, 0) is 74.8 Å². The third-order valence-electron chi connectivity index (χ3n) is 6.91. The molecule has 160 valence electrons. The van der Waals surface area contributed by atoms with Gasteiger partial charge in [0.25, 0.3) is 0 Å². The summed E-state index contributed by atoms with van der Waals surface area (Å²) in [4.78, 5) is 7.22. The van der Waals surface area contributed by atoms with Crippen LogP contribution in [0, 0.1) is 13.8 Å². The molecule has 0 amide bonds. The topological polar surface area (TPSA) is 33.1 Å². The van der Waals surface area contributed by atoms with Gasteiger partial charge in [-0.2, -0.15) is 0 Å². The maximum atomic E-state index is 5.93. The highest BCUT2D eigenvalue weighted by atomic mass is 32.1. The molecule has 1 aliphatic heterocycles. The van der Waals surface area contributed by atoms with E-state index in [4.69, 9.17) is 17.2 Å². The molecule has 4 nitrogen and oxygen atoms in total. The number of para-hydroxylation sites is 1. The Labute approximate surface area is 190 Å². The number of pyridine rings is 1. The van der Waals surface area contributed by atoms with E-state index in [-0.39, 0.29) is 12.1 Å². The molecule has 5 heteroatoms. The highest BCUT2D eigenvalue weighted by Crippen LogP contribution is 2.44. The summed E-state index contributed by atoms with van der Waals surface area (Å²) in [7, 11) is 0. The summed E-state index contributed by atoms with van der Waals surface area (Å²) in [5.74, 6) is 0. The quantitative estimate of drug-likeness (QED) is 0.531. The summed E-state index contributed by atoms with van der Waals surface area (Å²) in [5, 5.41) is 4.52. The second-order valence-electron chi connectivity index (χ2n) is 8.82. The Morgan fingerprint density at radius 3 is 2.42 bits per heavy atom. The first kappa shape index (κ1) is 20.3. The zero-order chi connectivity index (χ0) is 21.4. The fourth-order valence-corrected chi connectivity index (χ4v) is 5.90.